The summed E-state index contributed by atoms with van der Waals surface area (Å²) in [5.74, 6) is -0.463. The lowest BCUT2D eigenvalue weighted by Crippen LogP contribution is -2.48. The molecule has 0 bridgehead atoms. The molecule has 0 spiro atoms. The first kappa shape index (κ1) is 29.0. The van der Waals surface area contributed by atoms with Crippen LogP contribution in [0.3, 0.4) is 0 Å². The van der Waals surface area contributed by atoms with Gasteiger partial charge in [-0.1, -0.05) is 49.4 Å². The Morgan fingerprint density at radius 1 is 1.15 bits per heavy atom. The summed E-state index contributed by atoms with van der Waals surface area (Å²) < 4.78 is 37.9. The van der Waals surface area contributed by atoms with Gasteiger partial charge in [0.05, 0.1) is 31.7 Å². The lowest BCUT2D eigenvalue weighted by atomic mass is 9.96. The van der Waals surface area contributed by atoms with E-state index in [9.17, 15) is 18.3 Å². The van der Waals surface area contributed by atoms with Gasteiger partial charge in [0.25, 0.3) is 15.9 Å². The molecule has 2 aromatic heterocycles. The minimum Gasteiger partial charge on any atom is -0.394 e. The number of aliphatic hydroxyl groups excluding tert-OH is 1. The molecule has 4 aromatic rings. The van der Waals surface area contributed by atoms with Crippen LogP contribution in [0.2, 0.25) is 0 Å². The summed E-state index contributed by atoms with van der Waals surface area (Å²) in [5.41, 5.74) is 4.08. The first-order valence-electron chi connectivity index (χ1n) is 13.7. The van der Waals surface area contributed by atoms with Crippen molar-refractivity contribution >= 4 is 26.8 Å². The van der Waals surface area contributed by atoms with Crippen molar-refractivity contribution in [2.24, 2.45) is 20.0 Å². The van der Waals surface area contributed by atoms with Crippen LogP contribution in [0, 0.1) is 5.92 Å². The fourth-order valence-corrected chi connectivity index (χ4v) is 6.70. The minimum absolute atomic E-state index is 0.0369. The van der Waals surface area contributed by atoms with Gasteiger partial charge in [0.2, 0.25) is 0 Å². The Balaban J connectivity index is 1.61. The number of hydrogen-bond acceptors (Lipinski definition) is 6. The van der Waals surface area contributed by atoms with Crippen LogP contribution in [0.1, 0.15) is 29.9 Å². The number of likely N-dealkylation sites (N-methyl/N-ethyl adjacent to an activating group) is 1. The zero-order valence-electron chi connectivity index (χ0n) is 24.1. The molecule has 0 unspecified atom stereocenters. The topological polar surface area (TPSA) is 110 Å². The number of para-hydroxylation sites is 1. The maximum atomic E-state index is 14.4. The molecule has 3 heterocycles. The van der Waals surface area contributed by atoms with E-state index in [0.29, 0.717) is 5.69 Å². The molecule has 5 rings (SSSR count). The number of nitrogens with zero attached hydrogens (tertiary/aromatic N) is 5. The number of ether oxygens (including phenoxy) is 1. The monoisotopic (exact) mass is 579 g/mol. The second-order valence-corrected chi connectivity index (χ2v) is 12.9. The standard InChI is InChI=1S/C30H37N5O5S/c1-20-14-35(21(2)17-36)30(37)29-28(24-12-8-9-13-25(24)34(29)5)23-11-7-6-10-22(23)18-40-26(20)15-33(4)41(38,39)27-16-32(3)19-31-27/h6-13,16,19-21,26,36H,14-15,17-18H2,1-5H3/t20-,21-,26-/m0/s1. The van der Waals surface area contributed by atoms with Crippen LogP contribution in [-0.4, -0.2) is 81.6 Å². The van der Waals surface area contributed by atoms with Crippen molar-refractivity contribution in [3.05, 3.63) is 72.3 Å². The summed E-state index contributed by atoms with van der Waals surface area (Å²) in [4.78, 5) is 20.1. The van der Waals surface area contributed by atoms with Crippen molar-refractivity contribution in [3.63, 3.8) is 0 Å². The lowest BCUT2D eigenvalue weighted by molar-refractivity contribution is -0.0147. The average molecular weight is 580 g/mol. The number of benzene rings is 2. The zero-order valence-corrected chi connectivity index (χ0v) is 24.9. The molecule has 10 nitrogen and oxygen atoms in total. The summed E-state index contributed by atoms with van der Waals surface area (Å²) in [7, 11) is 1.26. The number of carbonyl (C=O) groups is 1. The zero-order chi connectivity index (χ0) is 29.5. The Bertz CT molecular complexity index is 1680. The van der Waals surface area contributed by atoms with E-state index in [1.165, 1.54) is 23.9 Å². The Morgan fingerprint density at radius 3 is 2.56 bits per heavy atom. The molecule has 1 amide bonds. The van der Waals surface area contributed by atoms with Gasteiger partial charge >= 0.3 is 0 Å². The molecular formula is C30H37N5O5S. The van der Waals surface area contributed by atoms with Crippen molar-refractivity contribution in [1.82, 2.24) is 23.3 Å². The largest absolute Gasteiger partial charge is 0.394 e. The number of aromatic nitrogens is 3. The molecule has 2 aromatic carbocycles. The van der Waals surface area contributed by atoms with Crippen molar-refractivity contribution in [1.29, 1.82) is 0 Å². The van der Waals surface area contributed by atoms with Crippen LogP contribution in [0.5, 0.6) is 0 Å². The molecule has 11 heteroatoms. The van der Waals surface area contributed by atoms with Crippen molar-refractivity contribution < 1.29 is 23.1 Å². The molecule has 1 aliphatic heterocycles. The van der Waals surface area contributed by atoms with Gasteiger partial charge in [-0.25, -0.2) is 13.4 Å². The fraction of sp³-hybridized carbons (Fsp3) is 0.400. The maximum Gasteiger partial charge on any atom is 0.271 e. The Labute approximate surface area is 240 Å². The number of aryl methyl sites for hydroxylation is 2. The highest BCUT2D eigenvalue weighted by Crippen LogP contribution is 2.38. The van der Waals surface area contributed by atoms with E-state index in [-0.39, 0.29) is 43.2 Å². The van der Waals surface area contributed by atoms with Crippen LogP contribution in [0.25, 0.3) is 22.0 Å². The van der Waals surface area contributed by atoms with Crippen LogP contribution in [0.4, 0.5) is 0 Å². The summed E-state index contributed by atoms with van der Waals surface area (Å²) >= 11 is 0. The van der Waals surface area contributed by atoms with E-state index in [1.54, 1.807) is 16.5 Å². The van der Waals surface area contributed by atoms with Gasteiger partial charge in [-0.15, -0.1) is 0 Å². The Morgan fingerprint density at radius 2 is 1.85 bits per heavy atom. The van der Waals surface area contributed by atoms with Crippen molar-refractivity contribution in [2.45, 2.75) is 37.6 Å². The minimum atomic E-state index is -3.86. The highest BCUT2D eigenvalue weighted by molar-refractivity contribution is 7.89. The van der Waals surface area contributed by atoms with Gasteiger partial charge < -0.3 is 23.9 Å². The molecule has 0 saturated carbocycles. The number of hydrogen-bond donors (Lipinski definition) is 1. The van der Waals surface area contributed by atoms with Crippen LogP contribution in [-0.2, 0) is 35.5 Å². The van der Waals surface area contributed by atoms with Gasteiger partial charge in [0, 0.05) is 62.8 Å². The first-order chi connectivity index (χ1) is 19.5. The Kier molecular flexibility index (Phi) is 8.06. The van der Waals surface area contributed by atoms with E-state index in [4.69, 9.17) is 4.74 Å². The fourth-order valence-electron chi connectivity index (χ4n) is 5.56. The van der Waals surface area contributed by atoms with E-state index in [2.05, 4.69) is 4.98 Å². The third kappa shape index (κ3) is 5.30. The SMILES string of the molecule is C[C@H]1CN([C@@H](C)CO)C(=O)c2c(c3ccccc3n2C)-c2ccccc2CO[C@H]1CN(C)S(=O)(=O)c1cn(C)cn1. The number of aliphatic hydroxyl groups is 1. The third-order valence-electron chi connectivity index (χ3n) is 8.02. The number of rotatable bonds is 6. The molecular weight excluding hydrogens is 542 g/mol. The summed E-state index contributed by atoms with van der Waals surface area (Å²) in [6.07, 6.45) is 2.37. The van der Waals surface area contributed by atoms with Gasteiger partial charge in [-0.2, -0.15) is 4.31 Å². The van der Waals surface area contributed by atoms with Gasteiger partial charge in [0.1, 0.15) is 5.69 Å². The summed E-state index contributed by atoms with van der Waals surface area (Å²) in [6.45, 7) is 4.10. The van der Waals surface area contributed by atoms with Crippen LogP contribution >= 0.6 is 0 Å². The van der Waals surface area contributed by atoms with Gasteiger partial charge in [-0.3, -0.25) is 4.79 Å². The number of amides is 1. The maximum absolute atomic E-state index is 14.4. The molecule has 41 heavy (non-hydrogen) atoms. The number of fused-ring (bicyclic) bond motifs is 5. The summed E-state index contributed by atoms with van der Waals surface area (Å²) in [5, 5.41) is 11.1. The smallest absolute Gasteiger partial charge is 0.271 e. The quantitative estimate of drug-likeness (QED) is 0.376. The molecule has 0 radical (unpaired) electrons. The second kappa shape index (κ2) is 11.4. The number of sulfonamides is 1. The second-order valence-electron chi connectivity index (χ2n) is 10.9. The van der Waals surface area contributed by atoms with E-state index in [1.807, 2.05) is 74.0 Å². The van der Waals surface area contributed by atoms with E-state index < -0.39 is 22.2 Å². The Hall–Kier alpha value is -3.51. The molecule has 1 N–H and O–H groups in total. The molecule has 1 aliphatic rings. The molecule has 218 valence electrons. The highest BCUT2D eigenvalue weighted by atomic mass is 32.2. The predicted molar refractivity (Wildman–Crippen MR) is 157 cm³/mol. The van der Waals surface area contributed by atoms with Crippen molar-refractivity contribution in [3.8, 4) is 11.1 Å². The van der Waals surface area contributed by atoms with Crippen LogP contribution < -0.4 is 0 Å². The summed E-state index contributed by atoms with van der Waals surface area (Å²) in [6, 6.07) is 15.3. The molecule has 3 atom stereocenters. The molecule has 0 aliphatic carbocycles. The van der Waals surface area contributed by atoms with Crippen LogP contribution in [0.15, 0.2) is 66.1 Å². The lowest BCUT2D eigenvalue weighted by Gasteiger charge is -2.34. The first-order valence-corrected chi connectivity index (χ1v) is 15.1. The van der Waals surface area contributed by atoms with Gasteiger partial charge in [0.15, 0.2) is 5.03 Å². The normalized spacial score (nSPS) is 19.2. The number of carbonyl (C=O) groups excluding carboxylic acids is 1. The number of imidazole rings is 1. The highest BCUT2D eigenvalue weighted by Gasteiger charge is 2.35. The third-order valence-corrected chi connectivity index (χ3v) is 9.73. The van der Waals surface area contributed by atoms with Crippen molar-refractivity contribution in [2.75, 3.05) is 26.7 Å². The predicted octanol–water partition coefficient (Wildman–Crippen LogP) is 3.26. The average Bonchev–Trinajstić information content (AvgIpc) is 3.53. The molecule has 0 saturated heterocycles. The van der Waals surface area contributed by atoms with E-state index >= 15 is 0 Å². The van der Waals surface area contributed by atoms with E-state index in [0.717, 1.165) is 27.6 Å². The molecule has 0 fully saturated rings. The van der Waals surface area contributed by atoms with Gasteiger partial charge in [-0.05, 0) is 24.1 Å².